The second kappa shape index (κ2) is 6.56. The minimum Gasteiger partial charge on any atom is -0.380 e. The molecule has 2 aliphatic rings. The molecule has 1 aromatic carbocycles. The molecule has 5 heteroatoms. The van der Waals surface area contributed by atoms with Gasteiger partial charge in [0.1, 0.15) is 0 Å². The first-order chi connectivity index (χ1) is 10.3. The lowest BCUT2D eigenvalue weighted by atomic mass is 10.1. The Balaban J connectivity index is 1.54. The highest BCUT2D eigenvalue weighted by Gasteiger charge is 2.40. The highest BCUT2D eigenvalue weighted by atomic mass is 16.5. The largest absolute Gasteiger partial charge is 0.380 e. The molecule has 5 nitrogen and oxygen atoms in total. The van der Waals surface area contributed by atoms with Gasteiger partial charge in [0.25, 0.3) is 0 Å². The number of methoxy groups -OCH3 is 1. The molecule has 0 aliphatic carbocycles. The van der Waals surface area contributed by atoms with E-state index in [0.717, 1.165) is 30.6 Å². The molecule has 2 saturated heterocycles. The van der Waals surface area contributed by atoms with Crippen LogP contribution in [0.5, 0.6) is 0 Å². The molecule has 1 amide bonds. The van der Waals surface area contributed by atoms with Crippen LogP contribution in [0.25, 0.3) is 0 Å². The molecule has 114 valence electrons. The number of hydrogen-bond acceptors (Lipinski definition) is 4. The third-order valence-electron chi connectivity index (χ3n) is 4.28. The van der Waals surface area contributed by atoms with Crippen molar-refractivity contribution in [2.75, 3.05) is 13.7 Å². The summed E-state index contributed by atoms with van der Waals surface area (Å²) in [5.41, 5.74) is 2.21. The van der Waals surface area contributed by atoms with Crippen LogP contribution in [0, 0.1) is 0 Å². The minimum atomic E-state index is -0.130. The van der Waals surface area contributed by atoms with Crippen molar-refractivity contribution in [3.63, 3.8) is 0 Å². The Hall–Kier alpha value is -1.43. The summed E-state index contributed by atoms with van der Waals surface area (Å²) in [6.45, 7) is 1.90. The second-order valence-corrected chi connectivity index (χ2v) is 5.68. The standard InChI is InChI=1S/C16H22N2O3/c1-20-10-12-5-3-2-4-11(12)9-17-16(19)14-8-15-13(18-14)6-7-21-15/h2-5,13-15,18H,6-10H2,1H3,(H,17,19)/t13-,14-,15-/m0/s1. The van der Waals surface area contributed by atoms with Gasteiger partial charge in [0.2, 0.25) is 5.91 Å². The summed E-state index contributed by atoms with van der Waals surface area (Å²) >= 11 is 0. The molecule has 2 heterocycles. The Bertz CT molecular complexity index is 494. The first kappa shape index (κ1) is 14.5. The molecule has 2 N–H and O–H groups in total. The van der Waals surface area contributed by atoms with E-state index >= 15 is 0 Å². The summed E-state index contributed by atoms with van der Waals surface area (Å²) in [6, 6.07) is 8.23. The van der Waals surface area contributed by atoms with Gasteiger partial charge < -0.3 is 20.1 Å². The predicted octanol–water partition coefficient (Wildman–Crippen LogP) is 0.969. The normalized spacial score (nSPS) is 27.6. The van der Waals surface area contributed by atoms with Gasteiger partial charge in [-0.15, -0.1) is 0 Å². The number of fused-ring (bicyclic) bond motifs is 1. The number of benzene rings is 1. The summed E-state index contributed by atoms with van der Waals surface area (Å²) in [5.74, 6) is 0.0558. The molecule has 0 saturated carbocycles. The van der Waals surface area contributed by atoms with E-state index in [4.69, 9.17) is 9.47 Å². The summed E-state index contributed by atoms with van der Waals surface area (Å²) in [5, 5.41) is 6.38. The van der Waals surface area contributed by atoms with E-state index in [1.54, 1.807) is 7.11 Å². The Morgan fingerprint density at radius 3 is 3.00 bits per heavy atom. The van der Waals surface area contributed by atoms with Crippen molar-refractivity contribution in [2.45, 2.75) is 44.2 Å². The zero-order valence-electron chi connectivity index (χ0n) is 12.3. The Morgan fingerprint density at radius 2 is 2.24 bits per heavy atom. The Kier molecular flexibility index (Phi) is 4.53. The lowest BCUT2D eigenvalue weighted by Crippen LogP contribution is -2.42. The third kappa shape index (κ3) is 3.26. The van der Waals surface area contributed by atoms with Crippen molar-refractivity contribution < 1.29 is 14.3 Å². The van der Waals surface area contributed by atoms with Gasteiger partial charge in [-0.25, -0.2) is 0 Å². The fourth-order valence-corrected chi connectivity index (χ4v) is 3.14. The van der Waals surface area contributed by atoms with E-state index in [-0.39, 0.29) is 18.1 Å². The summed E-state index contributed by atoms with van der Waals surface area (Å²) in [7, 11) is 1.68. The van der Waals surface area contributed by atoms with Crippen LogP contribution in [0.2, 0.25) is 0 Å². The molecule has 0 spiro atoms. The molecule has 1 aromatic rings. The summed E-state index contributed by atoms with van der Waals surface area (Å²) < 4.78 is 10.8. The average Bonchev–Trinajstić information content (AvgIpc) is 3.07. The number of amides is 1. The van der Waals surface area contributed by atoms with Crippen molar-refractivity contribution in [1.29, 1.82) is 0 Å². The lowest BCUT2D eigenvalue weighted by molar-refractivity contribution is -0.123. The van der Waals surface area contributed by atoms with Crippen molar-refractivity contribution in [3.8, 4) is 0 Å². The molecule has 3 rings (SSSR count). The van der Waals surface area contributed by atoms with Crippen LogP contribution in [0.15, 0.2) is 24.3 Å². The number of rotatable bonds is 5. The Morgan fingerprint density at radius 1 is 1.43 bits per heavy atom. The quantitative estimate of drug-likeness (QED) is 0.848. The zero-order valence-corrected chi connectivity index (χ0v) is 12.3. The van der Waals surface area contributed by atoms with Gasteiger partial charge in [-0.3, -0.25) is 4.79 Å². The third-order valence-corrected chi connectivity index (χ3v) is 4.28. The van der Waals surface area contributed by atoms with Gasteiger partial charge in [0.05, 0.1) is 18.8 Å². The molecule has 2 fully saturated rings. The number of nitrogens with one attached hydrogen (secondary N) is 2. The van der Waals surface area contributed by atoms with Gasteiger partial charge in [-0.2, -0.15) is 0 Å². The number of hydrogen-bond donors (Lipinski definition) is 2. The van der Waals surface area contributed by atoms with E-state index in [1.165, 1.54) is 0 Å². The van der Waals surface area contributed by atoms with Crippen LogP contribution in [0.1, 0.15) is 24.0 Å². The van der Waals surface area contributed by atoms with Crippen LogP contribution in [-0.2, 0) is 27.4 Å². The number of ether oxygens (including phenoxy) is 2. The first-order valence-electron chi connectivity index (χ1n) is 7.49. The highest BCUT2D eigenvalue weighted by molar-refractivity contribution is 5.82. The van der Waals surface area contributed by atoms with Gasteiger partial charge in [-0.1, -0.05) is 24.3 Å². The SMILES string of the molecule is COCc1ccccc1CNC(=O)[C@@H]1C[C@@H]2OCC[C@@H]2N1. The van der Waals surface area contributed by atoms with E-state index in [9.17, 15) is 4.79 Å². The van der Waals surface area contributed by atoms with Crippen molar-refractivity contribution in [2.24, 2.45) is 0 Å². The van der Waals surface area contributed by atoms with E-state index in [2.05, 4.69) is 10.6 Å². The molecule has 0 radical (unpaired) electrons. The fourth-order valence-electron chi connectivity index (χ4n) is 3.14. The molecule has 0 unspecified atom stereocenters. The molecule has 0 bridgehead atoms. The van der Waals surface area contributed by atoms with Crippen LogP contribution in [0.3, 0.4) is 0 Å². The molecule has 21 heavy (non-hydrogen) atoms. The molecular weight excluding hydrogens is 268 g/mol. The van der Waals surface area contributed by atoms with Gasteiger partial charge in [0, 0.05) is 26.3 Å². The van der Waals surface area contributed by atoms with E-state index in [1.807, 2.05) is 24.3 Å². The predicted molar refractivity (Wildman–Crippen MR) is 78.7 cm³/mol. The number of carbonyl (C=O) groups is 1. The van der Waals surface area contributed by atoms with Gasteiger partial charge >= 0.3 is 0 Å². The van der Waals surface area contributed by atoms with E-state index in [0.29, 0.717) is 19.2 Å². The number of carbonyl (C=O) groups excluding carboxylic acids is 1. The smallest absolute Gasteiger partial charge is 0.237 e. The van der Waals surface area contributed by atoms with Gasteiger partial charge in [-0.05, 0) is 24.0 Å². The second-order valence-electron chi connectivity index (χ2n) is 5.68. The topological polar surface area (TPSA) is 59.6 Å². The molecular formula is C16H22N2O3. The maximum absolute atomic E-state index is 12.3. The molecule has 3 atom stereocenters. The fraction of sp³-hybridized carbons (Fsp3) is 0.562. The van der Waals surface area contributed by atoms with Crippen molar-refractivity contribution >= 4 is 5.91 Å². The minimum absolute atomic E-state index is 0.0558. The summed E-state index contributed by atoms with van der Waals surface area (Å²) in [6.07, 6.45) is 1.99. The zero-order chi connectivity index (χ0) is 14.7. The van der Waals surface area contributed by atoms with Crippen LogP contribution in [0.4, 0.5) is 0 Å². The average molecular weight is 290 g/mol. The van der Waals surface area contributed by atoms with Crippen molar-refractivity contribution in [1.82, 2.24) is 10.6 Å². The van der Waals surface area contributed by atoms with Crippen LogP contribution >= 0.6 is 0 Å². The maximum Gasteiger partial charge on any atom is 0.237 e. The molecule has 0 aromatic heterocycles. The highest BCUT2D eigenvalue weighted by Crippen LogP contribution is 2.25. The first-order valence-corrected chi connectivity index (χ1v) is 7.49. The van der Waals surface area contributed by atoms with Crippen molar-refractivity contribution in [3.05, 3.63) is 35.4 Å². The van der Waals surface area contributed by atoms with Crippen LogP contribution in [-0.4, -0.2) is 37.8 Å². The molecule has 2 aliphatic heterocycles. The monoisotopic (exact) mass is 290 g/mol. The maximum atomic E-state index is 12.3. The van der Waals surface area contributed by atoms with Crippen LogP contribution < -0.4 is 10.6 Å². The lowest BCUT2D eigenvalue weighted by Gasteiger charge is -2.14. The summed E-state index contributed by atoms with van der Waals surface area (Å²) in [4.78, 5) is 12.3. The van der Waals surface area contributed by atoms with E-state index < -0.39 is 0 Å². The van der Waals surface area contributed by atoms with Gasteiger partial charge in [0.15, 0.2) is 0 Å². The Labute approximate surface area is 125 Å².